The van der Waals surface area contributed by atoms with E-state index in [-0.39, 0.29) is 6.04 Å². The molecule has 3 N–H and O–H groups in total. The molecule has 1 heterocycles. The second-order valence-electron chi connectivity index (χ2n) is 3.00. The lowest BCUT2D eigenvalue weighted by molar-refractivity contribution is 0.396. The number of nitrogens with zero attached hydrogens (tertiary/aromatic N) is 2. The average Bonchev–Trinajstić information content (AvgIpc) is 2.26. The van der Waals surface area contributed by atoms with Gasteiger partial charge < -0.3 is 15.8 Å². The lowest BCUT2D eigenvalue weighted by Gasteiger charge is -2.10. The van der Waals surface area contributed by atoms with Gasteiger partial charge in [-0.3, -0.25) is 4.98 Å². The molecule has 0 aliphatic rings. The molecule has 0 amide bonds. The molecule has 1 rings (SSSR count). The number of hydrogen-bond acceptors (Lipinski definition) is 5. The van der Waals surface area contributed by atoms with Crippen molar-refractivity contribution in [1.29, 1.82) is 0 Å². The number of aromatic nitrogens is 2. The van der Waals surface area contributed by atoms with Gasteiger partial charge in [0, 0.05) is 12.6 Å². The smallest absolute Gasteiger partial charge is 0.233 e. The fourth-order valence-electron chi connectivity index (χ4n) is 0.912. The normalized spacial score (nSPS) is 12.2. The quantitative estimate of drug-likeness (QED) is 0.722. The molecule has 0 aromatic carbocycles. The molecule has 78 valence electrons. The summed E-state index contributed by atoms with van der Waals surface area (Å²) in [4.78, 5) is 8.11. The minimum absolute atomic E-state index is 0.142. The first kappa shape index (κ1) is 10.7. The van der Waals surface area contributed by atoms with Crippen molar-refractivity contribution in [2.45, 2.75) is 19.4 Å². The van der Waals surface area contributed by atoms with Crippen LogP contribution in [0.25, 0.3) is 0 Å². The Balaban J connectivity index is 2.50. The summed E-state index contributed by atoms with van der Waals surface area (Å²) >= 11 is 0. The van der Waals surface area contributed by atoms with Crippen LogP contribution < -0.4 is 15.8 Å². The number of anilines is 1. The molecule has 1 atom stereocenters. The first-order valence-corrected chi connectivity index (χ1v) is 4.61. The van der Waals surface area contributed by atoms with Crippen LogP contribution in [0.5, 0.6) is 5.88 Å². The van der Waals surface area contributed by atoms with E-state index in [0.29, 0.717) is 18.2 Å². The second-order valence-corrected chi connectivity index (χ2v) is 3.00. The highest BCUT2D eigenvalue weighted by Crippen LogP contribution is 2.07. The minimum atomic E-state index is 0.142. The van der Waals surface area contributed by atoms with Gasteiger partial charge in [-0.05, 0) is 6.42 Å². The van der Waals surface area contributed by atoms with Crippen molar-refractivity contribution >= 4 is 5.82 Å². The molecular formula is C9H16N4O. The van der Waals surface area contributed by atoms with Crippen LogP contribution in [-0.2, 0) is 0 Å². The van der Waals surface area contributed by atoms with Gasteiger partial charge >= 0.3 is 0 Å². The van der Waals surface area contributed by atoms with Crippen molar-refractivity contribution in [1.82, 2.24) is 9.97 Å². The zero-order valence-corrected chi connectivity index (χ0v) is 8.53. The second kappa shape index (κ2) is 5.39. The van der Waals surface area contributed by atoms with E-state index >= 15 is 0 Å². The van der Waals surface area contributed by atoms with Crippen LogP contribution in [0.3, 0.4) is 0 Å². The topological polar surface area (TPSA) is 73.1 Å². The summed E-state index contributed by atoms with van der Waals surface area (Å²) in [5, 5.41) is 3.09. The van der Waals surface area contributed by atoms with E-state index in [0.717, 1.165) is 6.42 Å². The predicted octanol–water partition coefficient (Wildman–Crippen LogP) is 0.634. The van der Waals surface area contributed by atoms with E-state index in [1.54, 1.807) is 19.5 Å². The lowest BCUT2D eigenvalue weighted by atomic mass is 10.2. The van der Waals surface area contributed by atoms with Gasteiger partial charge in [0.15, 0.2) is 0 Å². The van der Waals surface area contributed by atoms with Crippen LogP contribution in [0.15, 0.2) is 12.4 Å². The van der Waals surface area contributed by atoms with Gasteiger partial charge in [-0.2, -0.15) is 4.98 Å². The summed E-state index contributed by atoms with van der Waals surface area (Å²) in [7, 11) is 1.56. The Morgan fingerprint density at radius 1 is 1.57 bits per heavy atom. The summed E-state index contributed by atoms with van der Waals surface area (Å²) < 4.78 is 4.94. The van der Waals surface area contributed by atoms with E-state index < -0.39 is 0 Å². The Labute approximate surface area is 83.7 Å². The molecule has 0 fully saturated rings. The Kier molecular flexibility index (Phi) is 4.12. The van der Waals surface area contributed by atoms with Gasteiger partial charge in [-0.15, -0.1) is 0 Å². The molecule has 5 nitrogen and oxygen atoms in total. The predicted molar refractivity (Wildman–Crippen MR) is 55.3 cm³/mol. The highest BCUT2D eigenvalue weighted by molar-refractivity contribution is 5.33. The minimum Gasteiger partial charge on any atom is -0.480 e. The number of hydrogen-bond donors (Lipinski definition) is 2. The van der Waals surface area contributed by atoms with Gasteiger partial charge in [0.2, 0.25) is 5.88 Å². The third-order valence-corrected chi connectivity index (χ3v) is 1.89. The Hall–Kier alpha value is -1.36. The van der Waals surface area contributed by atoms with Gasteiger partial charge in [0.25, 0.3) is 0 Å². The first-order valence-electron chi connectivity index (χ1n) is 4.61. The number of rotatable bonds is 5. The van der Waals surface area contributed by atoms with Crippen molar-refractivity contribution in [2.75, 3.05) is 19.0 Å². The van der Waals surface area contributed by atoms with E-state index in [1.807, 2.05) is 6.92 Å². The van der Waals surface area contributed by atoms with Crippen LogP contribution in [-0.4, -0.2) is 29.7 Å². The molecule has 1 unspecified atom stereocenters. The molecule has 1 aromatic heterocycles. The largest absolute Gasteiger partial charge is 0.480 e. The summed E-state index contributed by atoms with van der Waals surface area (Å²) in [6.45, 7) is 2.74. The van der Waals surface area contributed by atoms with Crippen molar-refractivity contribution in [3.05, 3.63) is 12.4 Å². The van der Waals surface area contributed by atoms with Gasteiger partial charge in [-0.1, -0.05) is 6.92 Å². The standard InChI is InChI=1S/C9H16N4O/c1-3-7(10)4-12-8-5-11-6-9(13-8)14-2/h5-7H,3-4,10H2,1-2H3,(H,12,13). The third-order valence-electron chi connectivity index (χ3n) is 1.89. The number of ether oxygens (including phenoxy) is 1. The monoisotopic (exact) mass is 196 g/mol. The summed E-state index contributed by atoms with van der Waals surface area (Å²) in [6.07, 6.45) is 4.14. The van der Waals surface area contributed by atoms with E-state index in [2.05, 4.69) is 15.3 Å². The molecule has 0 radical (unpaired) electrons. The van der Waals surface area contributed by atoms with Gasteiger partial charge in [-0.25, -0.2) is 0 Å². The molecule has 0 aliphatic carbocycles. The van der Waals surface area contributed by atoms with E-state index in [4.69, 9.17) is 10.5 Å². The maximum absolute atomic E-state index is 5.75. The molecule has 5 heteroatoms. The van der Waals surface area contributed by atoms with Crippen LogP contribution in [0.4, 0.5) is 5.82 Å². The van der Waals surface area contributed by atoms with E-state index in [9.17, 15) is 0 Å². The highest BCUT2D eigenvalue weighted by Gasteiger charge is 2.01. The van der Waals surface area contributed by atoms with Crippen molar-refractivity contribution in [3.8, 4) is 5.88 Å². The molecule has 0 bridgehead atoms. The molecule has 1 aromatic rings. The summed E-state index contributed by atoms with van der Waals surface area (Å²) in [5.41, 5.74) is 5.75. The third kappa shape index (κ3) is 3.18. The summed E-state index contributed by atoms with van der Waals surface area (Å²) in [5.74, 6) is 1.19. The zero-order chi connectivity index (χ0) is 10.4. The Morgan fingerprint density at radius 3 is 3.00 bits per heavy atom. The molecule has 14 heavy (non-hydrogen) atoms. The molecular weight excluding hydrogens is 180 g/mol. The number of nitrogens with one attached hydrogen (secondary N) is 1. The SMILES string of the molecule is CCC(N)CNc1cncc(OC)n1. The van der Waals surface area contributed by atoms with Crippen molar-refractivity contribution < 1.29 is 4.74 Å². The molecule has 0 spiro atoms. The average molecular weight is 196 g/mol. The van der Waals surface area contributed by atoms with Crippen LogP contribution >= 0.6 is 0 Å². The zero-order valence-electron chi connectivity index (χ0n) is 8.53. The number of methoxy groups -OCH3 is 1. The van der Waals surface area contributed by atoms with Gasteiger partial charge in [0.1, 0.15) is 5.82 Å². The van der Waals surface area contributed by atoms with Crippen LogP contribution in [0.2, 0.25) is 0 Å². The fourth-order valence-corrected chi connectivity index (χ4v) is 0.912. The summed E-state index contributed by atoms with van der Waals surface area (Å²) in [6, 6.07) is 0.142. The lowest BCUT2D eigenvalue weighted by Crippen LogP contribution is -2.28. The number of nitrogens with two attached hydrogens (primary N) is 1. The fraction of sp³-hybridized carbons (Fsp3) is 0.556. The van der Waals surface area contributed by atoms with Crippen LogP contribution in [0.1, 0.15) is 13.3 Å². The molecule has 0 saturated heterocycles. The first-order chi connectivity index (χ1) is 6.76. The van der Waals surface area contributed by atoms with Crippen molar-refractivity contribution in [3.63, 3.8) is 0 Å². The van der Waals surface area contributed by atoms with E-state index in [1.165, 1.54) is 0 Å². The van der Waals surface area contributed by atoms with Gasteiger partial charge in [0.05, 0.1) is 19.5 Å². The van der Waals surface area contributed by atoms with Crippen LogP contribution in [0, 0.1) is 0 Å². The Morgan fingerprint density at radius 2 is 2.36 bits per heavy atom. The Bertz CT molecular complexity index is 279. The van der Waals surface area contributed by atoms with Crippen molar-refractivity contribution in [2.24, 2.45) is 5.73 Å². The highest BCUT2D eigenvalue weighted by atomic mass is 16.5. The molecule has 0 aliphatic heterocycles. The molecule has 0 saturated carbocycles. The maximum atomic E-state index is 5.75. The maximum Gasteiger partial charge on any atom is 0.233 e.